The van der Waals surface area contributed by atoms with Crippen molar-refractivity contribution in [1.29, 1.82) is 5.26 Å². The summed E-state index contributed by atoms with van der Waals surface area (Å²) in [5, 5.41) is 21.3. The average molecular weight is 414 g/mol. The van der Waals surface area contributed by atoms with Crippen molar-refractivity contribution >= 4 is 35.0 Å². The molecule has 0 saturated heterocycles. The Morgan fingerprint density at radius 3 is 2.96 bits per heavy atom. The number of amides is 1. The van der Waals surface area contributed by atoms with Gasteiger partial charge >= 0.3 is 0 Å². The Morgan fingerprint density at radius 1 is 1.46 bits per heavy atom. The lowest BCUT2D eigenvalue weighted by Gasteiger charge is -2.09. The van der Waals surface area contributed by atoms with E-state index < -0.39 is 0 Å². The van der Waals surface area contributed by atoms with E-state index in [4.69, 9.17) is 21.3 Å². The molecular weight excluding hydrogens is 398 g/mol. The Morgan fingerprint density at radius 2 is 2.29 bits per heavy atom. The molecule has 0 bridgehead atoms. The number of rotatable bonds is 7. The lowest BCUT2D eigenvalue weighted by molar-refractivity contribution is -0.113. The van der Waals surface area contributed by atoms with Gasteiger partial charge in [0.2, 0.25) is 5.91 Å². The van der Waals surface area contributed by atoms with E-state index in [1.54, 1.807) is 30.5 Å². The van der Waals surface area contributed by atoms with E-state index in [9.17, 15) is 4.79 Å². The second kappa shape index (κ2) is 8.78. The van der Waals surface area contributed by atoms with Gasteiger partial charge in [-0.15, -0.1) is 16.8 Å². The monoisotopic (exact) mass is 413 g/mol. The third-order valence-electron chi connectivity index (χ3n) is 3.84. The Hall–Kier alpha value is -3.02. The summed E-state index contributed by atoms with van der Waals surface area (Å²) < 4.78 is 7.21. The third-order valence-corrected chi connectivity index (χ3v) is 5.04. The summed E-state index contributed by atoms with van der Waals surface area (Å²) in [5.74, 6) is 1.20. The molecule has 0 saturated carbocycles. The van der Waals surface area contributed by atoms with Crippen molar-refractivity contribution in [3.05, 3.63) is 59.5 Å². The number of allylic oxidation sites excluding steroid dienone is 1. The highest BCUT2D eigenvalue weighted by molar-refractivity contribution is 7.99. The minimum absolute atomic E-state index is 0.0943. The maximum absolute atomic E-state index is 12.3. The minimum atomic E-state index is -0.280. The molecule has 0 aliphatic heterocycles. The summed E-state index contributed by atoms with van der Waals surface area (Å²) in [7, 11) is 0. The molecule has 0 aliphatic carbocycles. The number of aromatic nitrogens is 3. The van der Waals surface area contributed by atoms with Crippen LogP contribution in [-0.2, 0) is 11.3 Å². The highest BCUT2D eigenvalue weighted by Crippen LogP contribution is 2.27. The minimum Gasteiger partial charge on any atom is -0.469 e. The number of nitrogens with zero attached hydrogens (tertiary/aromatic N) is 4. The number of nitrogens with one attached hydrogen (secondary N) is 1. The molecule has 7 nitrogen and oxygen atoms in total. The van der Waals surface area contributed by atoms with Crippen LogP contribution in [0.4, 0.5) is 5.69 Å². The van der Waals surface area contributed by atoms with Gasteiger partial charge in [0.25, 0.3) is 0 Å². The smallest absolute Gasteiger partial charge is 0.234 e. The van der Waals surface area contributed by atoms with Crippen LogP contribution in [0, 0.1) is 18.3 Å². The van der Waals surface area contributed by atoms with Crippen molar-refractivity contribution in [3.63, 3.8) is 0 Å². The molecule has 0 fully saturated rings. The van der Waals surface area contributed by atoms with Crippen LogP contribution < -0.4 is 5.32 Å². The lowest BCUT2D eigenvalue weighted by Crippen LogP contribution is -2.15. The molecule has 0 spiro atoms. The second-order valence-electron chi connectivity index (χ2n) is 5.73. The first kappa shape index (κ1) is 19.7. The largest absolute Gasteiger partial charge is 0.469 e. The number of carbonyl (C=O) groups is 1. The van der Waals surface area contributed by atoms with Gasteiger partial charge in [0.05, 0.1) is 28.8 Å². The van der Waals surface area contributed by atoms with Crippen molar-refractivity contribution in [2.45, 2.75) is 18.6 Å². The standard InChI is InChI=1S/C19H16ClN5O2S/c1-3-7-25-18(15-6-8-27-12(15)2)23-24-19(25)28-11-17(26)22-16-9-14(20)5-4-13(16)10-21/h3-6,8-9H,1,7,11H2,2H3,(H,22,26). The number of carbonyl (C=O) groups excluding carboxylic acids is 1. The summed E-state index contributed by atoms with van der Waals surface area (Å²) >= 11 is 7.18. The van der Waals surface area contributed by atoms with Crippen LogP contribution in [0.25, 0.3) is 11.4 Å². The van der Waals surface area contributed by atoms with Crippen LogP contribution in [0.5, 0.6) is 0 Å². The number of furan rings is 1. The van der Waals surface area contributed by atoms with E-state index in [0.717, 1.165) is 11.3 Å². The molecule has 0 unspecified atom stereocenters. The van der Waals surface area contributed by atoms with Crippen LogP contribution in [0.2, 0.25) is 5.02 Å². The van der Waals surface area contributed by atoms with E-state index in [1.165, 1.54) is 11.8 Å². The first-order valence-electron chi connectivity index (χ1n) is 8.24. The predicted molar refractivity (Wildman–Crippen MR) is 108 cm³/mol. The number of benzene rings is 1. The molecule has 0 atom stereocenters. The lowest BCUT2D eigenvalue weighted by atomic mass is 10.2. The Kier molecular flexibility index (Phi) is 6.19. The summed E-state index contributed by atoms with van der Waals surface area (Å²) in [4.78, 5) is 12.3. The Labute approximate surface area is 171 Å². The van der Waals surface area contributed by atoms with Crippen LogP contribution in [0.3, 0.4) is 0 Å². The maximum atomic E-state index is 12.3. The van der Waals surface area contributed by atoms with Crippen LogP contribution >= 0.6 is 23.4 Å². The quantitative estimate of drug-likeness (QED) is 0.458. The second-order valence-corrected chi connectivity index (χ2v) is 7.11. The first-order chi connectivity index (χ1) is 13.5. The van der Waals surface area contributed by atoms with Crippen LogP contribution in [-0.4, -0.2) is 26.4 Å². The summed E-state index contributed by atoms with van der Waals surface area (Å²) in [6, 6.07) is 8.55. The van der Waals surface area contributed by atoms with E-state index in [2.05, 4.69) is 22.1 Å². The van der Waals surface area contributed by atoms with Gasteiger partial charge in [-0.3, -0.25) is 9.36 Å². The Balaban J connectivity index is 1.74. The molecule has 2 heterocycles. The van der Waals surface area contributed by atoms with E-state index >= 15 is 0 Å². The van der Waals surface area contributed by atoms with Gasteiger partial charge in [-0.1, -0.05) is 29.4 Å². The van der Waals surface area contributed by atoms with E-state index in [1.807, 2.05) is 23.6 Å². The van der Waals surface area contributed by atoms with Crippen molar-refractivity contribution in [1.82, 2.24) is 14.8 Å². The topological polar surface area (TPSA) is 96.7 Å². The molecule has 0 aliphatic rings. The SMILES string of the molecule is C=CCn1c(SCC(=O)Nc2cc(Cl)ccc2C#N)nnc1-c1ccoc1C. The number of aryl methyl sites for hydroxylation is 1. The fraction of sp³-hybridized carbons (Fsp3) is 0.158. The van der Waals surface area contributed by atoms with Crippen molar-refractivity contribution < 1.29 is 9.21 Å². The fourth-order valence-corrected chi connectivity index (χ4v) is 3.46. The first-order valence-corrected chi connectivity index (χ1v) is 9.60. The van der Waals surface area contributed by atoms with Gasteiger partial charge in [0.15, 0.2) is 11.0 Å². The number of anilines is 1. The van der Waals surface area contributed by atoms with Crippen LogP contribution in [0.1, 0.15) is 11.3 Å². The number of hydrogen-bond donors (Lipinski definition) is 1. The molecule has 2 aromatic heterocycles. The van der Waals surface area contributed by atoms with Crippen molar-refractivity contribution in [2.75, 3.05) is 11.1 Å². The molecule has 1 N–H and O–H groups in total. The molecule has 3 rings (SSSR count). The zero-order valence-electron chi connectivity index (χ0n) is 15.0. The zero-order valence-corrected chi connectivity index (χ0v) is 16.5. The zero-order chi connectivity index (χ0) is 20.1. The normalized spacial score (nSPS) is 10.5. The fourth-order valence-electron chi connectivity index (χ4n) is 2.54. The highest BCUT2D eigenvalue weighted by atomic mass is 35.5. The van der Waals surface area contributed by atoms with Gasteiger partial charge in [0.1, 0.15) is 11.8 Å². The average Bonchev–Trinajstić information content (AvgIpc) is 3.26. The summed E-state index contributed by atoms with van der Waals surface area (Å²) in [5.41, 5.74) is 1.56. The molecule has 142 valence electrons. The molecule has 1 amide bonds. The third kappa shape index (κ3) is 4.27. The number of nitriles is 1. The van der Waals surface area contributed by atoms with Gasteiger partial charge in [-0.05, 0) is 31.2 Å². The molecule has 0 radical (unpaired) electrons. The van der Waals surface area contributed by atoms with Gasteiger partial charge in [0, 0.05) is 11.6 Å². The number of hydrogen-bond acceptors (Lipinski definition) is 6. The highest BCUT2D eigenvalue weighted by Gasteiger charge is 2.18. The molecule has 3 aromatic rings. The summed E-state index contributed by atoms with van der Waals surface area (Å²) in [6.07, 6.45) is 3.33. The predicted octanol–water partition coefficient (Wildman–Crippen LogP) is 4.29. The van der Waals surface area contributed by atoms with Gasteiger partial charge in [-0.2, -0.15) is 5.26 Å². The van der Waals surface area contributed by atoms with Gasteiger partial charge in [-0.25, -0.2) is 0 Å². The molecular formula is C19H16ClN5O2S. The Bertz CT molecular complexity index is 1070. The number of thioether (sulfide) groups is 1. The van der Waals surface area contributed by atoms with Crippen molar-refractivity contribution in [2.24, 2.45) is 0 Å². The maximum Gasteiger partial charge on any atom is 0.234 e. The molecule has 28 heavy (non-hydrogen) atoms. The molecule has 9 heteroatoms. The van der Waals surface area contributed by atoms with E-state index in [-0.39, 0.29) is 11.7 Å². The van der Waals surface area contributed by atoms with E-state index in [0.29, 0.717) is 33.8 Å². The van der Waals surface area contributed by atoms with Gasteiger partial charge < -0.3 is 9.73 Å². The van der Waals surface area contributed by atoms with Crippen LogP contribution in [0.15, 0.2) is 52.8 Å². The van der Waals surface area contributed by atoms with Crippen molar-refractivity contribution in [3.8, 4) is 17.5 Å². The summed E-state index contributed by atoms with van der Waals surface area (Å²) in [6.45, 7) is 6.11. The molecule has 1 aromatic carbocycles. The number of halogens is 1.